The number of carbonyl (C=O) groups is 4. The van der Waals surface area contributed by atoms with Gasteiger partial charge in [0.1, 0.15) is 22.9 Å². The topological polar surface area (TPSA) is 243 Å². The Balaban J connectivity index is 0.000000288. The minimum Gasteiger partial charge on any atom is -0.494 e. The molecular formula is C40H33Cl4F6N5O12S. The number of aromatic carboxylic acids is 1. The van der Waals surface area contributed by atoms with Gasteiger partial charge in [0.15, 0.2) is 11.9 Å². The van der Waals surface area contributed by atoms with Crippen molar-refractivity contribution in [3.05, 3.63) is 121 Å². The van der Waals surface area contributed by atoms with E-state index in [1.165, 1.54) is 63.6 Å². The Labute approximate surface area is 401 Å². The number of carboxylic acid groups (broad SMARTS) is 2. The molecule has 0 unspecified atom stereocenters. The average Bonchev–Trinajstić information content (AvgIpc) is 3.24. The Morgan fingerprint density at radius 3 is 1.99 bits per heavy atom. The van der Waals surface area contributed by atoms with Gasteiger partial charge in [-0.25, -0.2) is 32.3 Å². The first-order valence-corrected chi connectivity index (χ1v) is 21.3. The third-order valence-electron chi connectivity index (χ3n) is 8.05. The predicted octanol–water partition coefficient (Wildman–Crippen LogP) is 10.3. The number of carboxylic acids is 2. The molecule has 4 aromatic carbocycles. The van der Waals surface area contributed by atoms with Crippen LogP contribution in [0.1, 0.15) is 51.0 Å². The molecule has 5 aromatic rings. The van der Waals surface area contributed by atoms with Crippen LogP contribution in [0.2, 0.25) is 20.1 Å². The van der Waals surface area contributed by atoms with E-state index < -0.39 is 75.7 Å². The van der Waals surface area contributed by atoms with Gasteiger partial charge in [0.05, 0.1) is 50.3 Å². The number of benzene rings is 4. The molecule has 0 saturated heterocycles. The van der Waals surface area contributed by atoms with Crippen LogP contribution in [0.25, 0.3) is 0 Å². The summed E-state index contributed by atoms with van der Waals surface area (Å²) in [5, 5.41) is 19.7. The third kappa shape index (κ3) is 16.8. The number of ether oxygens (including phenoxy) is 4. The highest BCUT2D eigenvalue weighted by atomic mass is 35.5. The van der Waals surface area contributed by atoms with Gasteiger partial charge in [0, 0.05) is 6.42 Å². The molecule has 28 heteroatoms. The fourth-order valence-corrected chi connectivity index (χ4v) is 7.03. The van der Waals surface area contributed by atoms with E-state index in [2.05, 4.69) is 20.3 Å². The summed E-state index contributed by atoms with van der Waals surface area (Å²) in [7, 11) is -1.81. The van der Waals surface area contributed by atoms with Gasteiger partial charge in [-0.15, -0.1) is 0 Å². The summed E-state index contributed by atoms with van der Waals surface area (Å²) < 4.78 is 122. The Morgan fingerprint density at radius 1 is 0.794 bits per heavy atom. The number of esters is 1. The summed E-state index contributed by atoms with van der Waals surface area (Å²) in [5.41, 5.74) is -1.30. The summed E-state index contributed by atoms with van der Waals surface area (Å²) in [6.07, 6.45) is -12.2. The van der Waals surface area contributed by atoms with Crippen LogP contribution in [-0.2, 0) is 32.2 Å². The number of methoxy groups -OCH3 is 2. The number of hydrogen-bond acceptors (Lipinski definition) is 13. The molecule has 1 heterocycles. The number of anilines is 1. The first-order chi connectivity index (χ1) is 31.6. The van der Waals surface area contributed by atoms with Crippen LogP contribution >= 0.6 is 46.4 Å². The molecular weight excluding hydrogens is 1030 g/mol. The van der Waals surface area contributed by atoms with Gasteiger partial charge in [0.25, 0.3) is 10.0 Å². The zero-order valence-electron chi connectivity index (χ0n) is 34.9. The largest absolute Gasteiger partial charge is 0.494 e. The number of rotatable bonds is 13. The molecule has 0 radical (unpaired) electrons. The number of halogens is 10. The predicted molar refractivity (Wildman–Crippen MR) is 232 cm³/mol. The number of sulfonamides is 1. The highest BCUT2D eigenvalue weighted by Gasteiger charge is 2.32. The van der Waals surface area contributed by atoms with Gasteiger partial charge in [-0.1, -0.05) is 64.6 Å². The molecule has 1 aromatic heterocycles. The van der Waals surface area contributed by atoms with E-state index in [0.717, 1.165) is 31.2 Å². The maximum Gasteiger partial charge on any atom is 0.416 e. The van der Waals surface area contributed by atoms with Gasteiger partial charge < -0.3 is 29.2 Å². The van der Waals surface area contributed by atoms with E-state index in [4.69, 9.17) is 75.6 Å². The number of carbonyl (C=O) groups excluding carboxylic acids is 2. The SMILES string of the molecule is COc1c(Cl)ccc(Cl)c1C(=O)O.COc1nc(C)nc(NC(=O)NS(=O)(=O)c2ccccc2CCC(F)(F)F)n1.C[C@H](OC(=O)c1cc(Oc2ccc(C(F)(F)F)cc2Cl)ccc1Cl)C(=O)O. The molecule has 1 atom stereocenters. The van der Waals surface area contributed by atoms with E-state index in [-0.39, 0.29) is 71.8 Å². The molecule has 0 aliphatic rings. The van der Waals surface area contributed by atoms with Crippen LogP contribution in [0.5, 0.6) is 23.3 Å². The lowest BCUT2D eigenvalue weighted by Crippen LogP contribution is -2.35. The minimum absolute atomic E-state index is 0.0246. The van der Waals surface area contributed by atoms with Crippen LogP contribution in [-0.4, -0.2) is 84.0 Å². The van der Waals surface area contributed by atoms with Crippen LogP contribution < -0.4 is 24.2 Å². The van der Waals surface area contributed by atoms with Crippen LogP contribution in [0.4, 0.5) is 37.1 Å². The highest BCUT2D eigenvalue weighted by molar-refractivity contribution is 7.90. The second-order valence-electron chi connectivity index (χ2n) is 13.0. The second kappa shape index (κ2) is 24.1. The smallest absolute Gasteiger partial charge is 0.416 e. The van der Waals surface area contributed by atoms with Gasteiger partial charge in [-0.2, -0.15) is 41.3 Å². The quantitative estimate of drug-likeness (QED) is 0.0633. The normalized spacial score (nSPS) is 11.6. The van der Waals surface area contributed by atoms with Gasteiger partial charge >= 0.3 is 42.3 Å². The molecule has 366 valence electrons. The molecule has 68 heavy (non-hydrogen) atoms. The standard InChI is InChI=1S/C17H11Cl2F3O5.C15H16F3N5O4S.C8H6Cl2O3/c1-8(15(23)24)26-16(25)11-7-10(3-4-12(11)18)27-14-5-2-9(6-13(14)19)17(20,21)22;1-9-19-12(22-14(20-9)27-2)21-13(24)23-28(25,26)11-6-4-3-5-10(11)7-8-15(16,17)18;1-13-7-5(10)3-2-4(9)6(7)8(11)12/h2-8H,1H3,(H,23,24);3-6H,7-8H2,1-2H3,(H2,19,20,21,22,23,24);2-3H,1H3,(H,11,12)/t8-;;/m0../s1. The zero-order chi connectivity index (χ0) is 51.3. The number of aliphatic carboxylic acids is 1. The van der Waals surface area contributed by atoms with Crippen molar-refractivity contribution in [2.45, 2.75) is 50.0 Å². The molecule has 0 spiro atoms. The number of urea groups is 1. The molecule has 5 rings (SSSR count). The fourth-order valence-electron chi connectivity index (χ4n) is 4.98. The van der Waals surface area contributed by atoms with E-state index in [0.29, 0.717) is 6.07 Å². The molecule has 0 saturated carbocycles. The molecule has 0 aliphatic carbocycles. The average molecular weight is 1060 g/mol. The van der Waals surface area contributed by atoms with E-state index in [9.17, 15) is 53.9 Å². The maximum atomic E-state index is 12.7. The summed E-state index contributed by atoms with van der Waals surface area (Å²) in [5.74, 6) is -3.51. The number of nitrogens with one attached hydrogen (secondary N) is 2. The Bertz CT molecular complexity index is 2770. The van der Waals surface area contributed by atoms with Crippen molar-refractivity contribution in [1.29, 1.82) is 0 Å². The zero-order valence-corrected chi connectivity index (χ0v) is 38.8. The Morgan fingerprint density at radius 2 is 1.43 bits per heavy atom. The maximum absolute atomic E-state index is 12.7. The fraction of sp³-hybridized carbons (Fsp3) is 0.225. The summed E-state index contributed by atoms with van der Waals surface area (Å²) in [6.45, 7) is 2.66. The van der Waals surface area contributed by atoms with Crippen molar-refractivity contribution in [3.8, 4) is 23.3 Å². The van der Waals surface area contributed by atoms with E-state index in [1.54, 1.807) is 4.72 Å². The van der Waals surface area contributed by atoms with E-state index in [1.807, 2.05) is 0 Å². The molecule has 0 bridgehead atoms. The summed E-state index contributed by atoms with van der Waals surface area (Å²) in [6, 6.07) is 13.0. The van der Waals surface area contributed by atoms with Crippen LogP contribution in [0.15, 0.2) is 77.7 Å². The van der Waals surface area contributed by atoms with Crippen molar-refractivity contribution in [2.75, 3.05) is 19.5 Å². The monoisotopic (exact) mass is 1060 g/mol. The number of aromatic nitrogens is 3. The number of alkyl halides is 6. The Hall–Kier alpha value is -6.34. The number of hydrogen-bond donors (Lipinski definition) is 4. The molecule has 0 fully saturated rings. The van der Waals surface area contributed by atoms with Crippen molar-refractivity contribution >= 4 is 86.3 Å². The van der Waals surface area contributed by atoms with Crippen molar-refractivity contribution in [3.63, 3.8) is 0 Å². The molecule has 2 amide bonds. The number of amides is 2. The highest BCUT2D eigenvalue weighted by Crippen LogP contribution is 2.37. The molecule has 4 N–H and O–H groups in total. The number of aryl methyl sites for hydroxylation is 2. The van der Waals surface area contributed by atoms with E-state index >= 15 is 0 Å². The van der Waals surface area contributed by atoms with Crippen LogP contribution in [0.3, 0.4) is 0 Å². The lowest BCUT2D eigenvalue weighted by Gasteiger charge is -2.13. The third-order valence-corrected chi connectivity index (χ3v) is 10.7. The van der Waals surface area contributed by atoms with Crippen LogP contribution in [0, 0.1) is 6.92 Å². The lowest BCUT2D eigenvalue weighted by molar-refractivity contribution is -0.146. The summed E-state index contributed by atoms with van der Waals surface area (Å²) in [4.78, 5) is 56.5. The van der Waals surface area contributed by atoms with Gasteiger partial charge in [0.2, 0.25) is 5.95 Å². The first-order valence-electron chi connectivity index (χ1n) is 18.3. The Kier molecular flexibility index (Phi) is 19.8. The number of nitrogens with zero attached hydrogens (tertiary/aromatic N) is 3. The first kappa shape index (κ1) is 56.0. The van der Waals surface area contributed by atoms with Crippen molar-refractivity contribution < 1.29 is 83.1 Å². The summed E-state index contributed by atoms with van der Waals surface area (Å²) >= 11 is 23.1. The second-order valence-corrected chi connectivity index (χ2v) is 16.3. The van der Waals surface area contributed by atoms with Gasteiger partial charge in [-0.05, 0) is 80.4 Å². The van der Waals surface area contributed by atoms with Gasteiger partial charge in [-0.3, -0.25) is 5.32 Å². The van der Waals surface area contributed by atoms with Crippen molar-refractivity contribution in [1.82, 2.24) is 19.7 Å². The lowest BCUT2D eigenvalue weighted by atomic mass is 10.1. The van der Waals surface area contributed by atoms with Crippen molar-refractivity contribution in [2.24, 2.45) is 0 Å². The molecule has 0 aliphatic heterocycles. The molecule has 17 nitrogen and oxygen atoms in total. The minimum atomic E-state index is -4.56.